The van der Waals surface area contributed by atoms with Crippen molar-refractivity contribution in [2.45, 2.75) is 26.3 Å². The molecule has 5 N–H and O–H groups in total. The molecule has 58 valence electrons. The van der Waals surface area contributed by atoms with Crippen molar-refractivity contribution < 1.29 is 0 Å². The molecule has 0 aliphatic heterocycles. The molecule has 4 nitrogen and oxygen atoms in total. The third kappa shape index (κ3) is 5.08. The number of hydrogen-bond donors (Lipinski definition) is 3. The third-order valence-corrected chi connectivity index (χ3v) is 0.796. The molecule has 0 aliphatic carbocycles. The Bertz CT molecular complexity index is 148. The number of aliphatic imine (C=N–C) groups is 1. The Hall–Kier alpha value is -1.06. The maximum atomic E-state index is 6.89. The first kappa shape index (κ1) is 8.94. The lowest BCUT2D eigenvalue weighted by molar-refractivity contribution is 0.831. The number of amidine groups is 2. The SMILES string of the molecule is CC(C)N=C(N)CC(=N)N. The van der Waals surface area contributed by atoms with E-state index in [4.69, 9.17) is 16.9 Å². The maximum absolute atomic E-state index is 6.89. The molecule has 0 unspecified atom stereocenters. The second-order valence-electron chi connectivity index (χ2n) is 2.42. The lowest BCUT2D eigenvalue weighted by atomic mass is 10.3. The summed E-state index contributed by atoms with van der Waals surface area (Å²) in [5.74, 6) is 0.490. The van der Waals surface area contributed by atoms with Crippen LogP contribution in [0.1, 0.15) is 20.3 Å². The molecule has 0 amide bonds. The van der Waals surface area contributed by atoms with Gasteiger partial charge < -0.3 is 11.5 Å². The van der Waals surface area contributed by atoms with E-state index in [1.165, 1.54) is 0 Å². The predicted molar refractivity (Wildman–Crippen MR) is 43.3 cm³/mol. The Labute approximate surface area is 60.8 Å². The summed E-state index contributed by atoms with van der Waals surface area (Å²) in [7, 11) is 0. The van der Waals surface area contributed by atoms with Gasteiger partial charge in [-0.3, -0.25) is 10.4 Å². The van der Waals surface area contributed by atoms with Gasteiger partial charge in [-0.25, -0.2) is 0 Å². The van der Waals surface area contributed by atoms with Crippen molar-refractivity contribution in [2.24, 2.45) is 16.5 Å². The summed E-state index contributed by atoms with van der Waals surface area (Å²) in [6.07, 6.45) is 0.276. The molecule has 0 aromatic heterocycles. The van der Waals surface area contributed by atoms with E-state index < -0.39 is 0 Å². The van der Waals surface area contributed by atoms with Crippen LogP contribution in [0.15, 0.2) is 4.99 Å². The monoisotopic (exact) mass is 142 g/mol. The normalized spacial score (nSPS) is 12.1. The third-order valence-electron chi connectivity index (χ3n) is 0.796. The highest BCUT2D eigenvalue weighted by molar-refractivity contribution is 5.99. The fourth-order valence-electron chi connectivity index (χ4n) is 0.572. The molecule has 0 saturated heterocycles. The van der Waals surface area contributed by atoms with Gasteiger partial charge in [-0.2, -0.15) is 0 Å². The van der Waals surface area contributed by atoms with Crippen LogP contribution >= 0.6 is 0 Å². The summed E-state index contributed by atoms with van der Waals surface area (Å²) in [5.41, 5.74) is 10.5. The average Bonchev–Trinajstić information content (AvgIpc) is 1.58. The molecule has 0 radical (unpaired) electrons. The zero-order valence-corrected chi connectivity index (χ0v) is 6.39. The van der Waals surface area contributed by atoms with Crippen LogP contribution in [0.5, 0.6) is 0 Å². The van der Waals surface area contributed by atoms with Gasteiger partial charge in [0.2, 0.25) is 0 Å². The van der Waals surface area contributed by atoms with Crippen molar-refractivity contribution in [1.82, 2.24) is 0 Å². The smallest absolute Gasteiger partial charge is 0.102 e. The first-order valence-corrected chi connectivity index (χ1v) is 3.17. The van der Waals surface area contributed by atoms with Crippen molar-refractivity contribution in [3.8, 4) is 0 Å². The Balaban J connectivity index is 3.82. The van der Waals surface area contributed by atoms with E-state index in [2.05, 4.69) is 4.99 Å². The van der Waals surface area contributed by atoms with E-state index >= 15 is 0 Å². The summed E-state index contributed by atoms with van der Waals surface area (Å²) in [5, 5.41) is 6.89. The molecular formula is C6H14N4. The van der Waals surface area contributed by atoms with Crippen LogP contribution in [-0.4, -0.2) is 17.7 Å². The lowest BCUT2D eigenvalue weighted by Gasteiger charge is -2.00. The molecule has 0 atom stereocenters. The van der Waals surface area contributed by atoms with Gasteiger partial charge in [0.1, 0.15) is 5.84 Å². The highest BCUT2D eigenvalue weighted by Crippen LogP contribution is 1.87. The molecule has 0 heterocycles. The second-order valence-corrected chi connectivity index (χ2v) is 2.42. The summed E-state index contributed by atoms with van der Waals surface area (Å²) < 4.78 is 0. The zero-order chi connectivity index (χ0) is 8.15. The molecule has 0 bridgehead atoms. The van der Waals surface area contributed by atoms with Gasteiger partial charge in [0.25, 0.3) is 0 Å². The highest BCUT2D eigenvalue weighted by atomic mass is 14.9. The number of nitrogens with zero attached hydrogens (tertiary/aromatic N) is 1. The Morgan fingerprint density at radius 3 is 2.30 bits per heavy atom. The van der Waals surface area contributed by atoms with Crippen LogP contribution in [0.3, 0.4) is 0 Å². The molecular weight excluding hydrogens is 128 g/mol. The molecule has 0 aromatic carbocycles. The van der Waals surface area contributed by atoms with E-state index in [1.807, 2.05) is 13.8 Å². The quantitative estimate of drug-likeness (QED) is 0.385. The molecule has 0 aliphatic rings. The molecule has 10 heavy (non-hydrogen) atoms. The minimum Gasteiger partial charge on any atom is -0.387 e. The first-order valence-electron chi connectivity index (χ1n) is 3.17. The summed E-state index contributed by atoms with van der Waals surface area (Å²) >= 11 is 0. The number of nitrogens with one attached hydrogen (secondary N) is 1. The van der Waals surface area contributed by atoms with Crippen molar-refractivity contribution in [2.75, 3.05) is 0 Å². The standard InChI is InChI=1S/C6H14N4/c1-4(2)10-6(9)3-5(7)8/h4H,3H2,1-2H3,(H3,7,8)(H2,9,10). The van der Waals surface area contributed by atoms with Gasteiger partial charge in [0.15, 0.2) is 0 Å². The van der Waals surface area contributed by atoms with Gasteiger partial charge in [-0.1, -0.05) is 0 Å². The van der Waals surface area contributed by atoms with Gasteiger partial charge in [-0.15, -0.1) is 0 Å². The van der Waals surface area contributed by atoms with Crippen LogP contribution in [0.25, 0.3) is 0 Å². The molecule has 4 heteroatoms. The van der Waals surface area contributed by atoms with Crippen LogP contribution in [-0.2, 0) is 0 Å². The van der Waals surface area contributed by atoms with Crippen LogP contribution < -0.4 is 11.5 Å². The largest absolute Gasteiger partial charge is 0.387 e. The van der Waals surface area contributed by atoms with E-state index in [9.17, 15) is 0 Å². The van der Waals surface area contributed by atoms with Crippen molar-refractivity contribution in [3.05, 3.63) is 0 Å². The fourth-order valence-corrected chi connectivity index (χ4v) is 0.572. The predicted octanol–water partition coefficient (Wildman–Crippen LogP) is 0.0781. The number of hydrogen-bond acceptors (Lipinski definition) is 2. The van der Waals surface area contributed by atoms with Crippen molar-refractivity contribution in [3.63, 3.8) is 0 Å². The maximum Gasteiger partial charge on any atom is 0.102 e. The summed E-state index contributed by atoms with van der Waals surface area (Å²) in [6.45, 7) is 3.85. The molecule has 0 spiro atoms. The minimum absolute atomic E-state index is 0.0573. The number of rotatable bonds is 3. The van der Waals surface area contributed by atoms with Crippen LogP contribution in [0.4, 0.5) is 0 Å². The van der Waals surface area contributed by atoms with Gasteiger partial charge in [0, 0.05) is 6.04 Å². The van der Waals surface area contributed by atoms with Gasteiger partial charge in [-0.05, 0) is 13.8 Å². The average molecular weight is 142 g/mol. The first-order chi connectivity index (χ1) is 4.52. The van der Waals surface area contributed by atoms with E-state index in [-0.39, 0.29) is 18.3 Å². The Kier molecular flexibility index (Phi) is 3.46. The molecule has 0 aromatic rings. The Morgan fingerprint density at radius 1 is 1.50 bits per heavy atom. The van der Waals surface area contributed by atoms with Crippen molar-refractivity contribution >= 4 is 11.7 Å². The summed E-state index contributed by atoms with van der Waals surface area (Å²) in [4.78, 5) is 3.99. The highest BCUT2D eigenvalue weighted by Gasteiger charge is 1.95. The van der Waals surface area contributed by atoms with Gasteiger partial charge in [0.05, 0.1) is 12.3 Å². The van der Waals surface area contributed by atoms with E-state index in [1.54, 1.807) is 0 Å². The molecule has 0 saturated carbocycles. The van der Waals surface area contributed by atoms with E-state index in [0.717, 1.165) is 0 Å². The zero-order valence-electron chi connectivity index (χ0n) is 6.39. The van der Waals surface area contributed by atoms with Crippen LogP contribution in [0, 0.1) is 5.41 Å². The van der Waals surface area contributed by atoms with E-state index in [0.29, 0.717) is 5.84 Å². The number of nitrogens with two attached hydrogens (primary N) is 2. The lowest BCUT2D eigenvalue weighted by Crippen LogP contribution is -2.22. The van der Waals surface area contributed by atoms with Crippen molar-refractivity contribution in [1.29, 1.82) is 5.41 Å². The molecule has 0 rings (SSSR count). The second kappa shape index (κ2) is 3.87. The van der Waals surface area contributed by atoms with Crippen LogP contribution in [0.2, 0.25) is 0 Å². The topological polar surface area (TPSA) is 88.2 Å². The van der Waals surface area contributed by atoms with Gasteiger partial charge >= 0.3 is 0 Å². The molecule has 0 fully saturated rings. The minimum atomic E-state index is 0.0573. The Morgan fingerprint density at radius 2 is 2.00 bits per heavy atom. The summed E-state index contributed by atoms with van der Waals surface area (Å²) in [6, 6.07) is 0.180. The fraction of sp³-hybridized carbons (Fsp3) is 0.667.